The second kappa shape index (κ2) is 10.3. The van der Waals surface area contributed by atoms with Gasteiger partial charge in [0.1, 0.15) is 0 Å². The van der Waals surface area contributed by atoms with Crippen LogP contribution in [0.5, 0.6) is 0 Å². The maximum atomic E-state index is 2.88. The van der Waals surface area contributed by atoms with Crippen LogP contribution in [0.4, 0.5) is 0 Å². The molecule has 3 fully saturated rings. The van der Waals surface area contributed by atoms with Gasteiger partial charge >= 0.3 is 0 Å². The van der Waals surface area contributed by atoms with E-state index in [1.807, 2.05) is 0 Å². The Hall–Kier alpha value is -0.0400. The summed E-state index contributed by atoms with van der Waals surface area (Å²) in [4.78, 5) is 2.88. The molecular weight excluding hydrogens is 302 g/mol. The minimum absolute atomic E-state index is 0.944. The van der Waals surface area contributed by atoms with Gasteiger partial charge in [0.05, 0.1) is 0 Å². The Balaban J connectivity index is 1.34. The summed E-state index contributed by atoms with van der Waals surface area (Å²) in [5, 5.41) is 0. The number of rotatable bonds is 7. The molecule has 0 radical (unpaired) electrons. The van der Waals surface area contributed by atoms with Crippen LogP contribution in [0, 0.1) is 23.7 Å². The van der Waals surface area contributed by atoms with Crippen LogP contribution in [0.3, 0.4) is 0 Å². The fourth-order valence-corrected chi connectivity index (χ4v) is 6.39. The maximum Gasteiger partial charge on any atom is 0.00954 e. The minimum atomic E-state index is 0.944. The summed E-state index contributed by atoms with van der Waals surface area (Å²) in [5.74, 6) is 4.30. The van der Waals surface area contributed by atoms with Crippen molar-refractivity contribution in [3.63, 3.8) is 0 Å². The number of piperidine rings is 1. The molecule has 2 aliphatic carbocycles. The maximum absolute atomic E-state index is 2.88. The zero-order valence-corrected chi connectivity index (χ0v) is 17.4. The molecule has 3 rings (SSSR count). The van der Waals surface area contributed by atoms with Gasteiger partial charge in [-0.1, -0.05) is 58.8 Å². The molecule has 1 heterocycles. The quantitative estimate of drug-likeness (QED) is 0.476. The standard InChI is InChI=1S/C24H45N/c1-3-5-7-21-8-10-22(11-9-21)23-12-14-24(15-13-23)25-18-16-20(6-4-2)17-19-25/h20-24H,3-19H2,1-2H3/t21-,22-,23-,24-. The van der Waals surface area contributed by atoms with E-state index in [1.165, 1.54) is 70.9 Å². The van der Waals surface area contributed by atoms with Gasteiger partial charge in [0.2, 0.25) is 0 Å². The van der Waals surface area contributed by atoms with E-state index < -0.39 is 0 Å². The van der Waals surface area contributed by atoms with E-state index >= 15 is 0 Å². The normalized spacial score (nSPS) is 35.8. The van der Waals surface area contributed by atoms with Gasteiger partial charge in [-0.05, 0) is 88.1 Å². The summed E-state index contributed by atoms with van der Waals surface area (Å²) in [6, 6.07) is 0.944. The van der Waals surface area contributed by atoms with E-state index in [4.69, 9.17) is 0 Å². The highest BCUT2D eigenvalue weighted by Crippen LogP contribution is 2.42. The number of likely N-dealkylation sites (tertiary alicyclic amines) is 1. The van der Waals surface area contributed by atoms with Crippen LogP contribution in [0.15, 0.2) is 0 Å². The van der Waals surface area contributed by atoms with Crippen LogP contribution in [0.25, 0.3) is 0 Å². The van der Waals surface area contributed by atoms with E-state index in [-0.39, 0.29) is 0 Å². The fraction of sp³-hybridized carbons (Fsp3) is 1.00. The summed E-state index contributed by atoms with van der Waals surface area (Å²) in [6.07, 6.45) is 22.5. The first-order chi connectivity index (χ1) is 12.3. The van der Waals surface area contributed by atoms with Crippen LogP contribution in [-0.4, -0.2) is 24.0 Å². The molecule has 1 saturated heterocycles. The molecule has 1 heteroatoms. The molecule has 0 atom stereocenters. The lowest BCUT2D eigenvalue weighted by atomic mass is 9.69. The topological polar surface area (TPSA) is 3.24 Å². The Bertz CT molecular complexity index is 341. The Labute approximate surface area is 158 Å². The first kappa shape index (κ1) is 19.7. The third kappa shape index (κ3) is 5.72. The van der Waals surface area contributed by atoms with Gasteiger partial charge < -0.3 is 4.90 Å². The van der Waals surface area contributed by atoms with Crippen molar-refractivity contribution in [2.24, 2.45) is 23.7 Å². The zero-order chi connectivity index (χ0) is 17.5. The highest BCUT2D eigenvalue weighted by atomic mass is 15.2. The molecule has 0 aromatic heterocycles. The van der Waals surface area contributed by atoms with E-state index in [0.717, 1.165) is 29.7 Å². The predicted molar refractivity (Wildman–Crippen MR) is 110 cm³/mol. The van der Waals surface area contributed by atoms with Crippen molar-refractivity contribution in [3.05, 3.63) is 0 Å². The number of hydrogen-bond acceptors (Lipinski definition) is 1. The third-order valence-corrected chi connectivity index (χ3v) is 8.13. The summed E-state index contributed by atoms with van der Waals surface area (Å²) >= 11 is 0. The average molecular weight is 348 g/mol. The lowest BCUT2D eigenvalue weighted by Crippen LogP contribution is -2.43. The number of nitrogens with zero attached hydrogens (tertiary/aromatic N) is 1. The molecule has 3 aliphatic rings. The molecule has 146 valence electrons. The molecule has 0 N–H and O–H groups in total. The Kier molecular flexibility index (Phi) is 8.15. The van der Waals surface area contributed by atoms with Crippen molar-refractivity contribution in [3.8, 4) is 0 Å². The van der Waals surface area contributed by atoms with Crippen molar-refractivity contribution >= 4 is 0 Å². The van der Waals surface area contributed by atoms with Gasteiger partial charge in [-0.25, -0.2) is 0 Å². The van der Waals surface area contributed by atoms with Gasteiger partial charge in [0.15, 0.2) is 0 Å². The van der Waals surface area contributed by atoms with Crippen LogP contribution in [0.1, 0.15) is 110 Å². The average Bonchev–Trinajstić information content (AvgIpc) is 2.68. The molecule has 0 unspecified atom stereocenters. The molecule has 1 aliphatic heterocycles. The van der Waals surface area contributed by atoms with E-state index in [2.05, 4.69) is 18.7 Å². The lowest BCUT2D eigenvalue weighted by Gasteiger charge is -2.43. The molecule has 0 aromatic carbocycles. The first-order valence-electron chi connectivity index (χ1n) is 12.0. The van der Waals surface area contributed by atoms with Crippen LogP contribution < -0.4 is 0 Å². The lowest BCUT2D eigenvalue weighted by molar-refractivity contribution is 0.0720. The van der Waals surface area contributed by atoms with Gasteiger partial charge in [-0.15, -0.1) is 0 Å². The summed E-state index contributed by atoms with van der Waals surface area (Å²) in [7, 11) is 0. The molecule has 0 spiro atoms. The third-order valence-electron chi connectivity index (χ3n) is 8.13. The zero-order valence-electron chi connectivity index (χ0n) is 17.4. The van der Waals surface area contributed by atoms with Crippen LogP contribution in [-0.2, 0) is 0 Å². The molecule has 0 bridgehead atoms. The van der Waals surface area contributed by atoms with Gasteiger partial charge in [-0.2, -0.15) is 0 Å². The first-order valence-corrected chi connectivity index (χ1v) is 12.0. The summed E-state index contributed by atoms with van der Waals surface area (Å²) in [6.45, 7) is 7.51. The smallest absolute Gasteiger partial charge is 0.00954 e. The minimum Gasteiger partial charge on any atom is -0.300 e. The fourth-order valence-electron chi connectivity index (χ4n) is 6.39. The van der Waals surface area contributed by atoms with E-state index in [9.17, 15) is 0 Å². The summed E-state index contributed by atoms with van der Waals surface area (Å²) < 4.78 is 0. The van der Waals surface area contributed by atoms with Crippen molar-refractivity contribution in [2.45, 2.75) is 116 Å². The highest BCUT2D eigenvalue weighted by Gasteiger charge is 2.33. The largest absolute Gasteiger partial charge is 0.300 e. The number of unbranched alkanes of at least 4 members (excludes halogenated alkanes) is 1. The van der Waals surface area contributed by atoms with E-state index in [0.29, 0.717) is 0 Å². The van der Waals surface area contributed by atoms with Crippen LogP contribution >= 0.6 is 0 Å². The molecule has 25 heavy (non-hydrogen) atoms. The SMILES string of the molecule is CCCC[C@H]1CC[C@H]([C@H]2CC[C@H](N3CCC(CCC)CC3)CC2)CC1. The molecule has 0 amide bonds. The van der Waals surface area contributed by atoms with Crippen molar-refractivity contribution < 1.29 is 0 Å². The van der Waals surface area contributed by atoms with Crippen LogP contribution in [0.2, 0.25) is 0 Å². The Morgan fingerprint density at radius 1 is 0.600 bits per heavy atom. The highest BCUT2D eigenvalue weighted by molar-refractivity contribution is 4.86. The van der Waals surface area contributed by atoms with E-state index in [1.54, 1.807) is 38.5 Å². The van der Waals surface area contributed by atoms with Crippen molar-refractivity contribution in [1.29, 1.82) is 0 Å². The second-order valence-corrected chi connectivity index (χ2v) is 9.76. The molecule has 0 aromatic rings. The van der Waals surface area contributed by atoms with Gasteiger partial charge in [-0.3, -0.25) is 0 Å². The molecule has 2 saturated carbocycles. The monoisotopic (exact) mass is 347 g/mol. The summed E-state index contributed by atoms with van der Waals surface area (Å²) in [5.41, 5.74) is 0. The van der Waals surface area contributed by atoms with Gasteiger partial charge in [0.25, 0.3) is 0 Å². The van der Waals surface area contributed by atoms with Gasteiger partial charge in [0, 0.05) is 6.04 Å². The number of hydrogen-bond donors (Lipinski definition) is 0. The second-order valence-electron chi connectivity index (χ2n) is 9.76. The molecular formula is C24H45N. The Morgan fingerprint density at radius 3 is 1.72 bits per heavy atom. The van der Waals surface area contributed by atoms with Crippen molar-refractivity contribution in [2.75, 3.05) is 13.1 Å². The molecule has 1 nitrogen and oxygen atoms in total. The Morgan fingerprint density at radius 2 is 1.16 bits per heavy atom. The van der Waals surface area contributed by atoms with Crippen molar-refractivity contribution in [1.82, 2.24) is 4.90 Å². The predicted octanol–water partition coefficient (Wildman–Crippen LogP) is 7.05.